The Balaban J connectivity index is 1.43. The summed E-state index contributed by atoms with van der Waals surface area (Å²) in [5.41, 5.74) is 6.16. The fraction of sp³-hybridized carbons (Fsp3) is 0.296. The van der Waals surface area contributed by atoms with Gasteiger partial charge in [-0.2, -0.15) is 5.10 Å². The lowest BCUT2D eigenvalue weighted by Gasteiger charge is -2.29. The summed E-state index contributed by atoms with van der Waals surface area (Å²) in [5.74, 6) is -0.0436. The van der Waals surface area contributed by atoms with Crippen LogP contribution in [0.1, 0.15) is 21.6 Å². The van der Waals surface area contributed by atoms with E-state index in [0.717, 1.165) is 54.2 Å². The predicted octanol–water partition coefficient (Wildman–Crippen LogP) is 4.05. The molecule has 7 nitrogen and oxygen atoms in total. The van der Waals surface area contributed by atoms with Gasteiger partial charge in [-0.15, -0.1) is 0 Å². The molecule has 0 radical (unpaired) electrons. The number of ether oxygens (including phenoxy) is 1. The molecule has 0 bridgehead atoms. The van der Waals surface area contributed by atoms with Gasteiger partial charge >= 0.3 is 0 Å². The fourth-order valence-corrected chi connectivity index (χ4v) is 4.56. The van der Waals surface area contributed by atoms with Gasteiger partial charge in [0.2, 0.25) is 0 Å². The summed E-state index contributed by atoms with van der Waals surface area (Å²) >= 11 is 0. The molecule has 2 aromatic carbocycles. The molecule has 3 heterocycles. The number of aromatic nitrogens is 3. The van der Waals surface area contributed by atoms with E-state index in [-0.39, 0.29) is 5.91 Å². The van der Waals surface area contributed by atoms with Crippen molar-refractivity contribution in [2.24, 2.45) is 7.05 Å². The highest BCUT2D eigenvalue weighted by Gasteiger charge is 2.22. The lowest BCUT2D eigenvalue weighted by atomic mass is 10.0. The third kappa shape index (κ3) is 4.26. The Hall–Kier alpha value is -3.71. The molecular weight excluding hydrogens is 426 g/mol. The number of pyridine rings is 1. The molecule has 1 aliphatic rings. The third-order valence-electron chi connectivity index (χ3n) is 6.35. The van der Waals surface area contributed by atoms with E-state index in [1.54, 1.807) is 9.58 Å². The van der Waals surface area contributed by atoms with Crippen molar-refractivity contribution in [2.45, 2.75) is 13.5 Å². The number of carbonyl (C=O) groups is 1. The number of nitrogens with zero attached hydrogens (tertiary/aromatic N) is 5. The summed E-state index contributed by atoms with van der Waals surface area (Å²) in [6, 6.07) is 20.3. The Kier molecular flexibility index (Phi) is 6.02. The minimum absolute atomic E-state index is 0.0436. The van der Waals surface area contributed by atoms with Crippen LogP contribution in [0.4, 0.5) is 5.69 Å². The van der Waals surface area contributed by atoms with Gasteiger partial charge in [0.15, 0.2) is 5.65 Å². The number of anilines is 1. The van der Waals surface area contributed by atoms with Crippen LogP contribution < -0.4 is 4.90 Å². The van der Waals surface area contributed by atoms with Crippen molar-refractivity contribution in [1.29, 1.82) is 0 Å². The molecule has 2 aromatic heterocycles. The Bertz CT molecular complexity index is 1310. The number of amides is 1. The Labute approximate surface area is 199 Å². The highest BCUT2D eigenvalue weighted by Crippen LogP contribution is 2.28. The van der Waals surface area contributed by atoms with Crippen LogP contribution in [0, 0.1) is 6.92 Å². The van der Waals surface area contributed by atoms with Gasteiger partial charge in [-0.1, -0.05) is 42.5 Å². The van der Waals surface area contributed by atoms with Crippen molar-refractivity contribution in [3.05, 3.63) is 77.5 Å². The molecule has 5 rings (SSSR count). The van der Waals surface area contributed by atoms with E-state index in [2.05, 4.69) is 34.3 Å². The second kappa shape index (κ2) is 9.27. The molecule has 1 saturated heterocycles. The molecule has 7 heteroatoms. The van der Waals surface area contributed by atoms with Crippen molar-refractivity contribution >= 4 is 22.6 Å². The summed E-state index contributed by atoms with van der Waals surface area (Å²) in [6.07, 6.45) is 0. The Morgan fingerprint density at radius 1 is 1.06 bits per heavy atom. The summed E-state index contributed by atoms with van der Waals surface area (Å²) in [6.45, 7) is 5.78. The molecule has 0 unspecified atom stereocenters. The predicted molar refractivity (Wildman–Crippen MR) is 134 cm³/mol. The van der Waals surface area contributed by atoms with Gasteiger partial charge in [0.25, 0.3) is 5.91 Å². The van der Waals surface area contributed by atoms with Crippen molar-refractivity contribution in [3.63, 3.8) is 0 Å². The summed E-state index contributed by atoms with van der Waals surface area (Å²) in [7, 11) is 3.71. The second-order valence-corrected chi connectivity index (χ2v) is 8.76. The number of carbonyl (C=O) groups excluding carboxylic acids is 1. The first-order chi connectivity index (χ1) is 16.5. The highest BCUT2D eigenvalue weighted by atomic mass is 16.5. The van der Waals surface area contributed by atoms with Crippen LogP contribution in [0.25, 0.3) is 22.3 Å². The average molecular weight is 456 g/mol. The lowest BCUT2D eigenvalue weighted by molar-refractivity contribution is 0.0787. The van der Waals surface area contributed by atoms with Gasteiger partial charge < -0.3 is 14.5 Å². The van der Waals surface area contributed by atoms with E-state index in [0.29, 0.717) is 17.8 Å². The number of rotatable bonds is 5. The number of fused-ring (bicyclic) bond motifs is 1. The van der Waals surface area contributed by atoms with Crippen LogP contribution >= 0.6 is 0 Å². The van der Waals surface area contributed by atoms with E-state index in [1.807, 2.05) is 57.4 Å². The molecule has 0 atom stereocenters. The summed E-state index contributed by atoms with van der Waals surface area (Å²) < 4.78 is 7.19. The molecule has 1 aliphatic heterocycles. The number of hydrogen-bond donors (Lipinski definition) is 0. The van der Waals surface area contributed by atoms with Crippen molar-refractivity contribution in [1.82, 2.24) is 19.7 Å². The van der Waals surface area contributed by atoms with E-state index >= 15 is 0 Å². The molecular formula is C27H29N5O2. The van der Waals surface area contributed by atoms with E-state index in [9.17, 15) is 4.79 Å². The topological polar surface area (TPSA) is 63.5 Å². The standard InChI is InChI=1S/C27H29N5O2/c1-19-25-23(17-24(21-7-5-4-6-8-21)28-26(25)31(3)29-19)27(33)30(2)18-20-9-11-22(12-10-20)32-13-15-34-16-14-32/h4-12,17H,13-16,18H2,1-3H3. The third-order valence-corrected chi connectivity index (χ3v) is 6.35. The first kappa shape index (κ1) is 22.1. The monoisotopic (exact) mass is 455 g/mol. The first-order valence-corrected chi connectivity index (χ1v) is 11.6. The maximum Gasteiger partial charge on any atom is 0.254 e. The largest absolute Gasteiger partial charge is 0.378 e. The van der Waals surface area contributed by atoms with Gasteiger partial charge in [-0.3, -0.25) is 9.48 Å². The van der Waals surface area contributed by atoms with Gasteiger partial charge in [0.1, 0.15) is 0 Å². The molecule has 1 fully saturated rings. The Morgan fingerprint density at radius 2 is 1.76 bits per heavy atom. The zero-order chi connectivity index (χ0) is 23.7. The molecule has 0 spiro atoms. The summed E-state index contributed by atoms with van der Waals surface area (Å²) in [5, 5.41) is 5.34. The maximum atomic E-state index is 13.7. The van der Waals surface area contributed by atoms with Crippen molar-refractivity contribution in [3.8, 4) is 11.3 Å². The van der Waals surface area contributed by atoms with Crippen LogP contribution in [-0.2, 0) is 18.3 Å². The number of hydrogen-bond acceptors (Lipinski definition) is 5. The van der Waals surface area contributed by atoms with Crippen LogP contribution in [0.5, 0.6) is 0 Å². The highest BCUT2D eigenvalue weighted by molar-refractivity contribution is 6.07. The molecule has 0 saturated carbocycles. The minimum Gasteiger partial charge on any atom is -0.378 e. The van der Waals surface area contributed by atoms with Crippen LogP contribution in [0.15, 0.2) is 60.7 Å². The normalized spacial score (nSPS) is 13.9. The van der Waals surface area contributed by atoms with Gasteiger partial charge in [-0.25, -0.2) is 4.98 Å². The maximum absolute atomic E-state index is 13.7. The Morgan fingerprint density at radius 3 is 2.47 bits per heavy atom. The minimum atomic E-state index is -0.0436. The second-order valence-electron chi connectivity index (χ2n) is 8.76. The zero-order valence-electron chi connectivity index (χ0n) is 19.9. The molecule has 1 amide bonds. The summed E-state index contributed by atoms with van der Waals surface area (Å²) in [4.78, 5) is 22.6. The average Bonchev–Trinajstić information content (AvgIpc) is 3.17. The smallest absolute Gasteiger partial charge is 0.254 e. The van der Waals surface area contributed by atoms with E-state index < -0.39 is 0 Å². The van der Waals surface area contributed by atoms with Gasteiger partial charge in [-0.05, 0) is 30.7 Å². The number of aryl methyl sites for hydroxylation is 2. The van der Waals surface area contributed by atoms with Gasteiger partial charge in [0, 0.05) is 45.0 Å². The fourth-order valence-electron chi connectivity index (χ4n) is 4.56. The SMILES string of the molecule is Cc1nn(C)c2nc(-c3ccccc3)cc(C(=O)N(C)Cc3ccc(N4CCOCC4)cc3)c12. The molecule has 34 heavy (non-hydrogen) atoms. The molecule has 174 valence electrons. The van der Waals surface area contributed by atoms with Crippen molar-refractivity contribution < 1.29 is 9.53 Å². The van der Waals surface area contributed by atoms with Crippen LogP contribution in [0.2, 0.25) is 0 Å². The van der Waals surface area contributed by atoms with E-state index in [4.69, 9.17) is 9.72 Å². The van der Waals surface area contributed by atoms with E-state index in [1.165, 1.54) is 5.69 Å². The quantitative estimate of drug-likeness (QED) is 0.454. The molecule has 0 aliphatic carbocycles. The van der Waals surface area contributed by atoms with Gasteiger partial charge in [0.05, 0.1) is 35.6 Å². The molecule has 4 aromatic rings. The molecule has 0 N–H and O–H groups in total. The zero-order valence-corrected chi connectivity index (χ0v) is 19.9. The number of benzene rings is 2. The van der Waals surface area contributed by atoms with Crippen LogP contribution in [0.3, 0.4) is 0 Å². The number of morpholine rings is 1. The lowest BCUT2D eigenvalue weighted by Crippen LogP contribution is -2.36. The van der Waals surface area contributed by atoms with Crippen molar-refractivity contribution in [2.75, 3.05) is 38.3 Å². The first-order valence-electron chi connectivity index (χ1n) is 11.6. The van der Waals surface area contributed by atoms with Crippen LogP contribution in [-0.4, -0.2) is 58.9 Å².